The van der Waals surface area contributed by atoms with E-state index in [2.05, 4.69) is 28.8 Å². The van der Waals surface area contributed by atoms with Gasteiger partial charge in [-0.25, -0.2) is 8.42 Å². The van der Waals surface area contributed by atoms with E-state index in [4.69, 9.17) is 4.74 Å². The molecule has 3 aromatic carbocycles. The van der Waals surface area contributed by atoms with E-state index in [1.165, 1.54) is 23.0 Å². The summed E-state index contributed by atoms with van der Waals surface area (Å²) in [6, 6.07) is 23.6. The number of methoxy groups -OCH3 is 1. The molecule has 0 aliphatic rings. The van der Waals surface area contributed by atoms with Crippen molar-refractivity contribution in [3.8, 4) is 11.5 Å². The number of pyridine rings is 1. The molecule has 0 saturated heterocycles. The minimum Gasteiger partial charge on any atom is -0.744 e. The van der Waals surface area contributed by atoms with Crippen molar-refractivity contribution in [2.45, 2.75) is 11.8 Å². The number of hydrogen-bond acceptors (Lipinski definition) is 5. The molecule has 0 amide bonds. The maximum Gasteiger partial charge on any atom is 0.212 e. The van der Waals surface area contributed by atoms with E-state index in [1.807, 2.05) is 44.3 Å². The molecule has 7 heteroatoms. The van der Waals surface area contributed by atoms with Crippen LogP contribution in [0.15, 0.2) is 83.8 Å². The number of nitrogens with zero attached hydrogens (tertiary/aromatic N) is 1. The minimum atomic E-state index is -4.27. The number of para-hydroxylation sites is 1. The van der Waals surface area contributed by atoms with Crippen molar-refractivity contribution in [2.24, 2.45) is 7.05 Å². The molecule has 6 nitrogen and oxygen atoms in total. The van der Waals surface area contributed by atoms with Crippen molar-refractivity contribution >= 4 is 33.2 Å². The summed E-state index contributed by atoms with van der Waals surface area (Å²) in [5.41, 5.74) is 4.13. The van der Waals surface area contributed by atoms with Gasteiger partial charge in [-0.05, 0) is 55.0 Å². The molecule has 170 valence electrons. The quantitative estimate of drug-likeness (QED) is 0.357. The minimum absolute atomic E-state index is 0.146. The zero-order valence-electron chi connectivity index (χ0n) is 18.6. The third-order valence-electron chi connectivity index (χ3n) is 5.08. The van der Waals surface area contributed by atoms with Gasteiger partial charge in [-0.3, -0.25) is 0 Å². The van der Waals surface area contributed by atoms with E-state index >= 15 is 0 Å². The van der Waals surface area contributed by atoms with Gasteiger partial charge in [0.1, 0.15) is 17.2 Å². The maximum absolute atomic E-state index is 10.4. The number of ether oxygens (including phenoxy) is 1. The van der Waals surface area contributed by atoms with E-state index in [-0.39, 0.29) is 10.6 Å². The Morgan fingerprint density at radius 1 is 0.939 bits per heavy atom. The van der Waals surface area contributed by atoms with Gasteiger partial charge in [0.2, 0.25) is 11.2 Å². The Bertz CT molecular complexity index is 1390. The molecule has 4 rings (SSSR count). The summed E-state index contributed by atoms with van der Waals surface area (Å²) in [6.45, 7) is 1.82. The molecular formula is C26H25NO5S. The smallest absolute Gasteiger partial charge is 0.212 e. The summed E-state index contributed by atoms with van der Waals surface area (Å²) in [5, 5.41) is 11.0. The summed E-state index contributed by atoms with van der Waals surface area (Å²) in [4.78, 5) is -0.178. The van der Waals surface area contributed by atoms with Crippen molar-refractivity contribution in [2.75, 3.05) is 7.11 Å². The topological polar surface area (TPSA) is 90.5 Å². The van der Waals surface area contributed by atoms with Crippen molar-refractivity contribution in [1.29, 1.82) is 0 Å². The zero-order valence-corrected chi connectivity index (χ0v) is 19.4. The van der Waals surface area contributed by atoms with E-state index in [0.717, 1.165) is 16.8 Å². The first-order chi connectivity index (χ1) is 15.7. The van der Waals surface area contributed by atoms with Crippen LogP contribution in [-0.4, -0.2) is 25.2 Å². The molecule has 0 spiro atoms. The second-order valence-electron chi connectivity index (χ2n) is 7.41. The Morgan fingerprint density at radius 3 is 2.27 bits per heavy atom. The molecule has 0 saturated carbocycles. The summed E-state index contributed by atoms with van der Waals surface area (Å²) in [6.07, 6.45) is 4.01. The number of aromatic hydroxyl groups is 1. The highest BCUT2D eigenvalue weighted by molar-refractivity contribution is 7.85. The zero-order chi connectivity index (χ0) is 24.0. The van der Waals surface area contributed by atoms with Crippen LogP contribution >= 0.6 is 0 Å². The van der Waals surface area contributed by atoms with Gasteiger partial charge in [0, 0.05) is 23.6 Å². The Kier molecular flexibility index (Phi) is 7.48. The molecule has 0 aliphatic heterocycles. The van der Waals surface area contributed by atoms with Gasteiger partial charge in [0.15, 0.2) is 11.5 Å². The largest absolute Gasteiger partial charge is 0.744 e. The first-order valence-electron chi connectivity index (χ1n) is 10.1. The van der Waals surface area contributed by atoms with Gasteiger partial charge in [0.05, 0.1) is 12.0 Å². The molecule has 0 aliphatic carbocycles. The monoisotopic (exact) mass is 463 g/mol. The highest BCUT2D eigenvalue weighted by Crippen LogP contribution is 2.27. The highest BCUT2D eigenvalue weighted by atomic mass is 32.2. The van der Waals surface area contributed by atoms with E-state index in [9.17, 15) is 18.1 Å². The van der Waals surface area contributed by atoms with Crippen LogP contribution in [0.1, 0.15) is 16.8 Å². The van der Waals surface area contributed by atoms with Gasteiger partial charge in [-0.2, -0.15) is 4.57 Å². The molecule has 4 aromatic rings. The van der Waals surface area contributed by atoms with Crippen molar-refractivity contribution < 1.29 is 27.4 Å². The second kappa shape index (κ2) is 10.3. The lowest BCUT2D eigenvalue weighted by Crippen LogP contribution is -2.32. The summed E-state index contributed by atoms with van der Waals surface area (Å²) in [5.74, 6) is 0.626. The summed E-state index contributed by atoms with van der Waals surface area (Å²) >= 11 is 0. The fourth-order valence-electron chi connectivity index (χ4n) is 3.22. The van der Waals surface area contributed by atoms with Gasteiger partial charge in [-0.15, -0.1) is 0 Å². The molecule has 1 N–H and O–H groups in total. The average molecular weight is 464 g/mol. The first-order valence-corrected chi connectivity index (χ1v) is 11.6. The maximum atomic E-state index is 10.4. The number of phenolic OH excluding ortho intramolecular Hbond substituents is 1. The van der Waals surface area contributed by atoms with Gasteiger partial charge < -0.3 is 14.4 Å². The third-order valence-corrected chi connectivity index (χ3v) is 5.93. The molecule has 0 fully saturated rings. The van der Waals surface area contributed by atoms with E-state index in [1.54, 1.807) is 31.4 Å². The fraction of sp³-hybridized carbons (Fsp3) is 0.115. The van der Waals surface area contributed by atoms with Crippen LogP contribution in [0.5, 0.6) is 11.5 Å². The van der Waals surface area contributed by atoms with Crippen LogP contribution in [0.25, 0.3) is 23.1 Å². The molecule has 0 radical (unpaired) electrons. The van der Waals surface area contributed by atoms with Crippen LogP contribution < -0.4 is 9.30 Å². The fourth-order valence-corrected chi connectivity index (χ4v) is 3.69. The van der Waals surface area contributed by atoms with Crippen molar-refractivity contribution in [3.63, 3.8) is 0 Å². The van der Waals surface area contributed by atoms with Crippen LogP contribution in [0.3, 0.4) is 0 Å². The predicted octanol–water partition coefficient (Wildman–Crippen LogP) is 4.45. The lowest BCUT2D eigenvalue weighted by molar-refractivity contribution is -0.646. The van der Waals surface area contributed by atoms with Gasteiger partial charge in [0.25, 0.3) is 0 Å². The number of benzene rings is 3. The van der Waals surface area contributed by atoms with E-state index < -0.39 is 10.1 Å². The highest BCUT2D eigenvalue weighted by Gasteiger charge is 2.08. The number of hydrogen-bond donors (Lipinski definition) is 1. The van der Waals surface area contributed by atoms with Crippen LogP contribution in [0.2, 0.25) is 0 Å². The SMILES string of the molecule is COc1ccc(/C=C/c2ccc3ccccc3[n+]2C)cc1O.Cc1ccc(S(=O)(=O)[O-])cc1. The summed E-state index contributed by atoms with van der Waals surface area (Å²) < 4.78 is 38.4. The number of fused-ring (bicyclic) bond motifs is 1. The molecule has 0 unspecified atom stereocenters. The Balaban J connectivity index is 0.000000235. The number of aromatic nitrogens is 1. The molecule has 0 bridgehead atoms. The molecule has 0 atom stereocenters. The standard InChI is InChI=1S/C19H17NO2.C7H8O3S/c1-20-16(11-9-15-5-3-4-6-17(15)20)10-7-14-8-12-19(22-2)18(21)13-14;1-6-2-4-7(5-3-6)11(8,9)10/h3-13H,1-2H3;2-5H,1H3,(H,8,9,10)/b10-7+;. The van der Waals surface area contributed by atoms with Crippen LogP contribution in [-0.2, 0) is 17.2 Å². The summed E-state index contributed by atoms with van der Waals surface area (Å²) in [7, 11) is -0.679. The molecule has 1 aromatic heterocycles. The lowest BCUT2D eigenvalue weighted by Gasteiger charge is -2.05. The average Bonchev–Trinajstić information content (AvgIpc) is 2.79. The molecule has 33 heavy (non-hydrogen) atoms. The van der Waals surface area contributed by atoms with Crippen LogP contribution in [0.4, 0.5) is 0 Å². The van der Waals surface area contributed by atoms with Crippen molar-refractivity contribution in [3.05, 3.63) is 95.7 Å². The number of phenols is 1. The predicted molar refractivity (Wildman–Crippen MR) is 128 cm³/mol. The Labute approximate surface area is 193 Å². The third kappa shape index (κ3) is 6.19. The van der Waals surface area contributed by atoms with Gasteiger partial charge >= 0.3 is 0 Å². The second-order valence-corrected chi connectivity index (χ2v) is 8.79. The van der Waals surface area contributed by atoms with E-state index in [0.29, 0.717) is 5.75 Å². The van der Waals surface area contributed by atoms with Crippen LogP contribution in [0, 0.1) is 6.92 Å². The number of rotatable bonds is 4. The lowest BCUT2D eigenvalue weighted by atomic mass is 10.1. The molecule has 1 heterocycles. The first kappa shape index (κ1) is 24.0. The molecular weight excluding hydrogens is 438 g/mol. The number of aryl methyl sites for hydroxylation is 2. The van der Waals surface area contributed by atoms with Crippen molar-refractivity contribution in [1.82, 2.24) is 0 Å². The normalized spacial score (nSPS) is 11.3. The van der Waals surface area contributed by atoms with Gasteiger partial charge in [-0.1, -0.05) is 35.9 Å². The Morgan fingerprint density at radius 2 is 1.64 bits per heavy atom. The Hall–Kier alpha value is -3.68.